The first-order valence-corrected chi connectivity index (χ1v) is 6.98. The molecule has 2 unspecified atom stereocenters. The molecule has 1 aromatic rings. The van der Waals surface area contributed by atoms with Crippen LogP contribution in [-0.2, 0) is 7.05 Å². The molecule has 6 heteroatoms. The van der Waals surface area contributed by atoms with Crippen molar-refractivity contribution in [3.8, 4) is 0 Å². The van der Waals surface area contributed by atoms with Gasteiger partial charge in [0, 0.05) is 31.9 Å². The minimum absolute atomic E-state index is 0. The summed E-state index contributed by atoms with van der Waals surface area (Å²) in [5, 5.41) is 4.33. The van der Waals surface area contributed by atoms with E-state index in [1.807, 2.05) is 25.8 Å². The molecule has 2 rings (SSSR count). The van der Waals surface area contributed by atoms with Gasteiger partial charge in [0.25, 0.3) is 5.91 Å². The van der Waals surface area contributed by atoms with E-state index in [1.165, 1.54) is 0 Å². The Kier molecular flexibility index (Phi) is 5.59. The Morgan fingerprint density at radius 3 is 2.60 bits per heavy atom. The van der Waals surface area contributed by atoms with Gasteiger partial charge >= 0.3 is 0 Å². The Morgan fingerprint density at radius 2 is 2.10 bits per heavy atom. The minimum atomic E-state index is 0. The van der Waals surface area contributed by atoms with Crippen LogP contribution >= 0.6 is 12.4 Å². The summed E-state index contributed by atoms with van der Waals surface area (Å²) in [7, 11) is 1.87. The van der Waals surface area contributed by atoms with Crippen molar-refractivity contribution in [1.82, 2.24) is 14.7 Å². The third kappa shape index (κ3) is 2.83. The smallest absolute Gasteiger partial charge is 0.257 e. The standard InChI is InChI=1S/C14H24N4O.ClH/c1-9-6-5-7-18(12(9)8-15)14(19)13-10(2)16-17(4)11(13)3;/h9,12H,5-8,15H2,1-4H3;1H. The Bertz CT molecular complexity index is 486. The van der Waals surface area contributed by atoms with E-state index in [0.29, 0.717) is 12.5 Å². The molecule has 20 heavy (non-hydrogen) atoms. The molecule has 2 heterocycles. The highest BCUT2D eigenvalue weighted by atomic mass is 35.5. The molecule has 0 aromatic carbocycles. The van der Waals surface area contributed by atoms with Crippen LogP contribution in [0.25, 0.3) is 0 Å². The Hall–Kier alpha value is -1.07. The molecular formula is C14H25ClN4O. The number of aromatic nitrogens is 2. The van der Waals surface area contributed by atoms with Gasteiger partial charge in [-0.05, 0) is 32.6 Å². The van der Waals surface area contributed by atoms with E-state index in [4.69, 9.17) is 5.73 Å². The first kappa shape index (κ1) is 17.0. The summed E-state index contributed by atoms with van der Waals surface area (Å²) in [6.07, 6.45) is 2.21. The molecule has 1 saturated heterocycles. The number of carbonyl (C=O) groups is 1. The predicted molar refractivity (Wildman–Crippen MR) is 82.2 cm³/mol. The Balaban J connectivity index is 0.00000200. The second-order valence-corrected chi connectivity index (χ2v) is 5.59. The maximum atomic E-state index is 12.8. The van der Waals surface area contributed by atoms with E-state index in [2.05, 4.69) is 12.0 Å². The number of nitrogens with two attached hydrogens (primary N) is 1. The molecule has 0 aliphatic carbocycles. The largest absolute Gasteiger partial charge is 0.334 e. The molecule has 114 valence electrons. The summed E-state index contributed by atoms with van der Waals surface area (Å²) < 4.78 is 1.77. The SMILES string of the molecule is Cc1nn(C)c(C)c1C(=O)N1CCCC(C)C1CN.Cl. The maximum absolute atomic E-state index is 12.8. The molecule has 1 fully saturated rings. The highest BCUT2D eigenvalue weighted by Gasteiger charge is 2.33. The number of piperidine rings is 1. The number of aryl methyl sites for hydroxylation is 2. The summed E-state index contributed by atoms with van der Waals surface area (Å²) in [6, 6.07) is 0.153. The lowest BCUT2D eigenvalue weighted by Gasteiger charge is -2.39. The first-order valence-electron chi connectivity index (χ1n) is 6.98. The Labute approximate surface area is 126 Å². The molecule has 1 amide bonds. The van der Waals surface area contributed by atoms with Crippen LogP contribution in [0.5, 0.6) is 0 Å². The predicted octanol–water partition coefficient (Wildman–Crippen LogP) is 1.66. The van der Waals surface area contributed by atoms with Crippen LogP contribution in [0.2, 0.25) is 0 Å². The van der Waals surface area contributed by atoms with Gasteiger partial charge < -0.3 is 10.6 Å². The van der Waals surface area contributed by atoms with Crippen LogP contribution < -0.4 is 5.73 Å². The average Bonchev–Trinajstić information content (AvgIpc) is 2.62. The summed E-state index contributed by atoms with van der Waals surface area (Å²) in [5.74, 6) is 0.560. The molecular weight excluding hydrogens is 276 g/mol. The van der Waals surface area contributed by atoms with Crippen LogP contribution in [0.4, 0.5) is 0 Å². The number of halogens is 1. The van der Waals surface area contributed by atoms with Crippen molar-refractivity contribution < 1.29 is 4.79 Å². The van der Waals surface area contributed by atoms with Crippen LogP contribution in [0.15, 0.2) is 0 Å². The maximum Gasteiger partial charge on any atom is 0.257 e. The highest BCUT2D eigenvalue weighted by Crippen LogP contribution is 2.26. The van der Waals surface area contributed by atoms with Gasteiger partial charge in [0.2, 0.25) is 0 Å². The lowest BCUT2D eigenvalue weighted by Crippen LogP contribution is -2.51. The van der Waals surface area contributed by atoms with Crippen molar-refractivity contribution in [2.24, 2.45) is 18.7 Å². The molecule has 1 aliphatic heterocycles. The molecule has 0 radical (unpaired) electrons. The molecule has 0 bridgehead atoms. The average molecular weight is 301 g/mol. The van der Waals surface area contributed by atoms with E-state index in [9.17, 15) is 4.79 Å². The molecule has 1 aromatic heterocycles. The molecule has 2 atom stereocenters. The van der Waals surface area contributed by atoms with Gasteiger partial charge in [-0.1, -0.05) is 6.92 Å². The van der Waals surface area contributed by atoms with Crippen molar-refractivity contribution >= 4 is 18.3 Å². The van der Waals surface area contributed by atoms with Gasteiger partial charge in [0.05, 0.1) is 11.3 Å². The number of rotatable bonds is 2. The highest BCUT2D eigenvalue weighted by molar-refractivity contribution is 5.96. The molecule has 1 aliphatic rings. The van der Waals surface area contributed by atoms with Gasteiger partial charge in [0.15, 0.2) is 0 Å². The third-order valence-corrected chi connectivity index (χ3v) is 4.34. The first-order chi connectivity index (χ1) is 8.97. The van der Waals surface area contributed by atoms with Gasteiger partial charge in [-0.3, -0.25) is 9.48 Å². The van der Waals surface area contributed by atoms with Crippen molar-refractivity contribution in [3.63, 3.8) is 0 Å². The van der Waals surface area contributed by atoms with Crippen molar-refractivity contribution in [1.29, 1.82) is 0 Å². The number of nitrogens with zero attached hydrogens (tertiary/aromatic N) is 3. The fraction of sp³-hybridized carbons (Fsp3) is 0.714. The quantitative estimate of drug-likeness (QED) is 0.903. The number of carbonyl (C=O) groups excluding carboxylic acids is 1. The summed E-state index contributed by atoms with van der Waals surface area (Å²) in [4.78, 5) is 14.7. The van der Waals surface area contributed by atoms with Crippen LogP contribution in [0.1, 0.15) is 41.5 Å². The third-order valence-electron chi connectivity index (χ3n) is 4.34. The summed E-state index contributed by atoms with van der Waals surface area (Å²) >= 11 is 0. The van der Waals surface area contributed by atoms with Gasteiger partial charge in [-0.15, -0.1) is 12.4 Å². The summed E-state index contributed by atoms with van der Waals surface area (Å²) in [5.41, 5.74) is 8.34. The monoisotopic (exact) mass is 300 g/mol. The zero-order valence-corrected chi connectivity index (χ0v) is 13.5. The lowest BCUT2D eigenvalue weighted by atomic mass is 9.90. The summed E-state index contributed by atoms with van der Waals surface area (Å²) in [6.45, 7) is 7.35. The van der Waals surface area contributed by atoms with Crippen LogP contribution in [0.3, 0.4) is 0 Å². The Morgan fingerprint density at radius 1 is 1.45 bits per heavy atom. The van der Waals surface area contributed by atoms with E-state index < -0.39 is 0 Å². The second-order valence-electron chi connectivity index (χ2n) is 5.59. The topological polar surface area (TPSA) is 64.2 Å². The normalized spacial score (nSPS) is 22.6. The van der Waals surface area contributed by atoms with Gasteiger partial charge in [0.1, 0.15) is 0 Å². The number of hydrogen-bond donors (Lipinski definition) is 1. The number of amides is 1. The van der Waals surface area contributed by atoms with Crippen molar-refractivity contribution in [2.45, 2.75) is 39.7 Å². The zero-order valence-electron chi connectivity index (χ0n) is 12.7. The van der Waals surface area contributed by atoms with E-state index >= 15 is 0 Å². The fourth-order valence-electron chi connectivity index (χ4n) is 3.09. The van der Waals surface area contributed by atoms with Crippen molar-refractivity contribution in [2.75, 3.05) is 13.1 Å². The van der Waals surface area contributed by atoms with Crippen LogP contribution in [0, 0.1) is 19.8 Å². The van der Waals surface area contributed by atoms with Gasteiger partial charge in [-0.25, -0.2) is 0 Å². The molecule has 0 spiro atoms. The van der Waals surface area contributed by atoms with Crippen molar-refractivity contribution in [3.05, 3.63) is 17.0 Å². The van der Waals surface area contributed by atoms with E-state index in [0.717, 1.165) is 36.3 Å². The number of likely N-dealkylation sites (tertiary alicyclic amines) is 1. The van der Waals surface area contributed by atoms with E-state index in [-0.39, 0.29) is 24.4 Å². The second kappa shape index (κ2) is 6.59. The molecule has 5 nitrogen and oxygen atoms in total. The molecule has 0 saturated carbocycles. The fourth-order valence-corrected chi connectivity index (χ4v) is 3.09. The van der Waals surface area contributed by atoms with Crippen LogP contribution in [-0.4, -0.2) is 39.7 Å². The van der Waals surface area contributed by atoms with E-state index in [1.54, 1.807) is 4.68 Å². The number of hydrogen-bond acceptors (Lipinski definition) is 3. The minimum Gasteiger partial charge on any atom is -0.334 e. The van der Waals surface area contributed by atoms with Gasteiger partial charge in [-0.2, -0.15) is 5.10 Å². The molecule has 2 N–H and O–H groups in total. The zero-order chi connectivity index (χ0) is 14.2. The lowest BCUT2D eigenvalue weighted by molar-refractivity contribution is 0.0531.